The Morgan fingerprint density at radius 1 is 1.24 bits per heavy atom. The Balaban J connectivity index is 2.19. The van der Waals surface area contributed by atoms with Crippen LogP contribution < -0.4 is 4.74 Å². The average Bonchev–Trinajstić information content (AvgIpc) is 2.71. The Kier molecular flexibility index (Phi) is 6.94. The van der Waals surface area contributed by atoms with Gasteiger partial charge in [0.1, 0.15) is 5.75 Å². The van der Waals surface area contributed by atoms with Crippen molar-refractivity contribution in [3.05, 3.63) is 70.6 Å². The largest absolute Gasteiger partial charge is 0.484 e. The lowest BCUT2D eigenvalue weighted by molar-refractivity contribution is -0.139. The van der Waals surface area contributed by atoms with E-state index >= 15 is 0 Å². The summed E-state index contributed by atoms with van der Waals surface area (Å²) < 4.78 is 44.9. The number of thioether (sulfide) groups is 1. The molecule has 0 aliphatic rings. The Morgan fingerprint density at radius 2 is 1.90 bits per heavy atom. The smallest absolute Gasteiger partial charge is 0.419 e. The second kappa shape index (κ2) is 9.02. The van der Waals surface area contributed by atoms with E-state index in [0.717, 1.165) is 23.1 Å². The van der Waals surface area contributed by atoms with Crippen LogP contribution >= 0.6 is 11.8 Å². The van der Waals surface area contributed by atoms with E-state index < -0.39 is 29.6 Å². The number of carbonyl (C=O) groups is 1. The van der Waals surface area contributed by atoms with Crippen molar-refractivity contribution in [3.63, 3.8) is 0 Å². The number of Topliss-reactive ketones (excluding diaryl/α,β-unsaturated/α-hetero) is 1. The van der Waals surface area contributed by atoms with Crippen molar-refractivity contribution in [2.45, 2.75) is 30.0 Å². The number of rotatable bonds is 7. The molecule has 4 nitrogen and oxygen atoms in total. The molecule has 0 amide bonds. The second-order valence-electron chi connectivity index (χ2n) is 6.55. The number of nitrogens with zero attached hydrogens (tertiary/aromatic N) is 2. The van der Waals surface area contributed by atoms with Gasteiger partial charge in [-0.05, 0) is 36.6 Å². The lowest BCUT2D eigenvalue weighted by Crippen LogP contribution is -2.32. The summed E-state index contributed by atoms with van der Waals surface area (Å²) in [7, 11) is 0. The zero-order valence-corrected chi connectivity index (χ0v) is 16.5. The number of alkyl halides is 3. The van der Waals surface area contributed by atoms with Crippen LogP contribution in [0.4, 0.5) is 13.2 Å². The molecule has 0 bridgehead atoms. The minimum absolute atomic E-state index is 0.00229. The molecule has 0 saturated carbocycles. The molecule has 29 heavy (non-hydrogen) atoms. The fourth-order valence-corrected chi connectivity index (χ4v) is 2.93. The number of hydrogen-bond acceptors (Lipinski definition) is 4. The molecule has 0 aliphatic carbocycles. The Bertz CT molecular complexity index is 975. The zero-order valence-electron chi connectivity index (χ0n) is 15.7. The average molecular weight is 418 g/mol. The van der Waals surface area contributed by atoms with Gasteiger partial charge in [-0.3, -0.25) is 4.79 Å². The van der Waals surface area contributed by atoms with E-state index in [2.05, 4.69) is 4.85 Å². The summed E-state index contributed by atoms with van der Waals surface area (Å²) in [6.45, 7) is 8.44. The van der Waals surface area contributed by atoms with Gasteiger partial charge in [-0.2, -0.15) is 18.4 Å². The topological polar surface area (TPSA) is 54.4 Å². The van der Waals surface area contributed by atoms with Gasteiger partial charge in [0, 0.05) is 17.4 Å². The van der Waals surface area contributed by atoms with Gasteiger partial charge in [-0.1, -0.05) is 12.1 Å². The summed E-state index contributed by atoms with van der Waals surface area (Å²) in [4.78, 5) is 16.9. The summed E-state index contributed by atoms with van der Waals surface area (Å²) >= 11 is 1.52. The second-order valence-corrected chi connectivity index (χ2v) is 7.43. The van der Waals surface area contributed by atoms with Crippen LogP contribution in [0.25, 0.3) is 4.85 Å². The van der Waals surface area contributed by atoms with E-state index in [-0.39, 0.29) is 17.8 Å². The number of benzene rings is 2. The number of carbonyl (C=O) groups excluding carboxylic acids is 1. The van der Waals surface area contributed by atoms with Crippen molar-refractivity contribution in [3.8, 4) is 11.8 Å². The first kappa shape index (κ1) is 22.3. The molecule has 2 rings (SSSR count). The van der Waals surface area contributed by atoms with Crippen molar-refractivity contribution < 1.29 is 22.7 Å². The lowest BCUT2D eigenvalue weighted by Gasteiger charge is -2.19. The maximum absolute atomic E-state index is 13.2. The SMILES string of the molecule is [C-]#[N+]C(C)(COc1cc(C#N)ccc1C(F)(F)F)CC(=O)c1ccc(SC)cc1. The van der Waals surface area contributed by atoms with E-state index in [4.69, 9.17) is 16.6 Å². The number of hydrogen-bond donors (Lipinski definition) is 0. The van der Waals surface area contributed by atoms with Crippen LogP contribution in [-0.4, -0.2) is 24.2 Å². The van der Waals surface area contributed by atoms with Crippen molar-refractivity contribution in [2.75, 3.05) is 12.9 Å². The highest BCUT2D eigenvalue weighted by Gasteiger charge is 2.38. The van der Waals surface area contributed by atoms with Crippen molar-refractivity contribution in [1.29, 1.82) is 5.26 Å². The van der Waals surface area contributed by atoms with E-state index in [0.29, 0.717) is 5.56 Å². The third-order valence-electron chi connectivity index (χ3n) is 4.18. The first-order valence-corrected chi connectivity index (χ1v) is 9.64. The van der Waals surface area contributed by atoms with E-state index in [9.17, 15) is 18.0 Å². The standard InChI is InChI=1S/C21H17F3N2O2S/c1-20(26-2,11-18(27)15-5-7-16(29-3)8-6-15)13-28-19-10-14(12-25)4-9-17(19)21(22,23)24/h4-10H,11,13H2,1,3H3. The van der Waals surface area contributed by atoms with Crippen LogP contribution in [0.5, 0.6) is 5.75 Å². The molecule has 0 aromatic heterocycles. The fourth-order valence-electron chi connectivity index (χ4n) is 2.53. The molecule has 0 heterocycles. The Labute approximate surface area is 171 Å². The normalized spacial score (nSPS) is 13.1. The van der Waals surface area contributed by atoms with E-state index in [1.54, 1.807) is 30.3 Å². The molecule has 150 valence electrons. The minimum atomic E-state index is -4.67. The summed E-state index contributed by atoms with van der Waals surface area (Å²) in [5.41, 5.74) is -1.98. The van der Waals surface area contributed by atoms with Crippen LogP contribution in [-0.2, 0) is 6.18 Å². The van der Waals surface area contributed by atoms with Gasteiger partial charge in [0.15, 0.2) is 12.4 Å². The van der Waals surface area contributed by atoms with Gasteiger partial charge >= 0.3 is 6.18 Å². The maximum Gasteiger partial charge on any atom is 0.419 e. The zero-order chi connectivity index (χ0) is 21.7. The first-order valence-electron chi connectivity index (χ1n) is 8.42. The van der Waals surface area contributed by atoms with Gasteiger partial charge in [-0.15, -0.1) is 11.8 Å². The van der Waals surface area contributed by atoms with Gasteiger partial charge in [0.25, 0.3) is 5.54 Å². The van der Waals surface area contributed by atoms with E-state index in [1.807, 2.05) is 6.26 Å². The highest BCUT2D eigenvalue weighted by Crippen LogP contribution is 2.37. The molecular weight excluding hydrogens is 401 g/mol. The monoisotopic (exact) mass is 418 g/mol. The summed E-state index contributed by atoms with van der Waals surface area (Å²) in [6, 6.07) is 11.4. The molecule has 0 N–H and O–H groups in total. The van der Waals surface area contributed by atoms with Crippen molar-refractivity contribution in [1.82, 2.24) is 0 Å². The molecule has 0 fully saturated rings. The Morgan fingerprint density at radius 3 is 2.41 bits per heavy atom. The summed E-state index contributed by atoms with van der Waals surface area (Å²) in [5, 5.41) is 8.93. The maximum atomic E-state index is 13.2. The first-order chi connectivity index (χ1) is 13.6. The third kappa shape index (κ3) is 5.75. The minimum Gasteiger partial charge on any atom is -0.484 e. The fraction of sp³-hybridized carbons (Fsp3) is 0.286. The van der Waals surface area contributed by atoms with Crippen LogP contribution in [0.3, 0.4) is 0 Å². The molecule has 0 radical (unpaired) electrons. The number of nitriles is 1. The molecule has 2 aromatic rings. The summed E-state index contributed by atoms with van der Waals surface area (Å²) in [5.74, 6) is -0.843. The van der Waals surface area contributed by atoms with Crippen molar-refractivity contribution in [2.24, 2.45) is 0 Å². The third-order valence-corrected chi connectivity index (χ3v) is 4.92. The molecule has 0 spiro atoms. The summed E-state index contributed by atoms with van der Waals surface area (Å²) in [6.07, 6.45) is -2.98. The molecule has 1 unspecified atom stereocenters. The molecule has 8 heteroatoms. The van der Waals surface area contributed by atoms with Gasteiger partial charge in [-0.25, -0.2) is 6.57 Å². The van der Waals surface area contributed by atoms with Gasteiger partial charge in [0.2, 0.25) is 0 Å². The molecule has 2 aromatic carbocycles. The predicted molar refractivity (Wildman–Crippen MR) is 104 cm³/mol. The molecule has 0 saturated heterocycles. The highest BCUT2D eigenvalue weighted by molar-refractivity contribution is 7.98. The van der Waals surface area contributed by atoms with E-state index in [1.165, 1.54) is 18.7 Å². The number of ketones is 1. The van der Waals surface area contributed by atoms with Crippen LogP contribution in [0, 0.1) is 17.9 Å². The Hall–Kier alpha value is -2.97. The predicted octanol–water partition coefficient (Wildman–Crippen LogP) is 5.63. The molecule has 0 aliphatic heterocycles. The number of halogens is 3. The van der Waals surface area contributed by atoms with Gasteiger partial charge < -0.3 is 9.58 Å². The highest BCUT2D eigenvalue weighted by atomic mass is 32.2. The number of ether oxygens (including phenoxy) is 1. The quantitative estimate of drug-likeness (QED) is 0.332. The lowest BCUT2D eigenvalue weighted by atomic mass is 9.94. The molecular formula is C21H17F3N2O2S. The van der Waals surface area contributed by atoms with Crippen molar-refractivity contribution >= 4 is 17.5 Å². The van der Waals surface area contributed by atoms with Crippen LogP contribution in [0.2, 0.25) is 0 Å². The molecule has 1 atom stereocenters. The van der Waals surface area contributed by atoms with Crippen LogP contribution in [0.1, 0.15) is 34.8 Å². The van der Waals surface area contributed by atoms with Gasteiger partial charge in [0.05, 0.1) is 23.6 Å². The van der Waals surface area contributed by atoms with Crippen LogP contribution in [0.15, 0.2) is 47.4 Å².